The van der Waals surface area contributed by atoms with Gasteiger partial charge in [-0.3, -0.25) is 9.69 Å². The van der Waals surface area contributed by atoms with Gasteiger partial charge in [0.15, 0.2) is 0 Å². The Morgan fingerprint density at radius 1 is 1.28 bits per heavy atom. The number of nitrogens with zero attached hydrogens (tertiary/aromatic N) is 1. The van der Waals surface area contributed by atoms with Crippen molar-refractivity contribution in [3.63, 3.8) is 0 Å². The maximum absolute atomic E-state index is 12.1. The van der Waals surface area contributed by atoms with Crippen LogP contribution < -0.4 is 5.32 Å². The monoisotopic (exact) mass is 266 g/mol. The Balaban J connectivity index is 2.14. The molecule has 1 aliphatic rings. The molecule has 0 bridgehead atoms. The summed E-state index contributed by atoms with van der Waals surface area (Å²) in [6.45, 7) is 2.50. The van der Waals surface area contributed by atoms with Gasteiger partial charge in [-0.05, 0) is 24.1 Å². The highest BCUT2D eigenvalue weighted by Gasteiger charge is 2.38. The zero-order valence-corrected chi connectivity index (χ0v) is 10.9. The molecule has 1 unspecified atom stereocenters. The second-order valence-electron chi connectivity index (χ2n) is 4.28. The number of carbonyl (C=O) groups is 2. The van der Waals surface area contributed by atoms with Crippen LogP contribution in [-0.4, -0.2) is 23.4 Å². The van der Waals surface area contributed by atoms with E-state index < -0.39 is 6.04 Å². The molecule has 0 spiro atoms. The Morgan fingerprint density at radius 3 is 2.56 bits per heavy atom. The molecule has 3 amide bonds. The first-order valence-corrected chi connectivity index (χ1v) is 6.38. The summed E-state index contributed by atoms with van der Waals surface area (Å²) in [4.78, 5) is 25.1. The number of imide groups is 1. The highest BCUT2D eigenvalue weighted by atomic mass is 35.5. The summed E-state index contributed by atoms with van der Waals surface area (Å²) in [5.74, 6) is -0.184. The molecule has 1 saturated heterocycles. The van der Waals surface area contributed by atoms with Crippen LogP contribution in [0.4, 0.5) is 4.79 Å². The van der Waals surface area contributed by atoms with Crippen molar-refractivity contribution in [2.75, 3.05) is 6.54 Å². The SMILES string of the molecule is CCCCN1C(=O)NC(c2ccc(Cl)cc2)C1=O. The molecule has 1 heterocycles. The lowest BCUT2D eigenvalue weighted by Crippen LogP contribution is -2.31. The van der Waals surface area contributed by atoms with Gasteiger partial charge >= 0.3 is 6.03 Å². The summed E-state index contributed by atoms with van der Waals surface area (Å²) < 4.78 is 0. The molecule has 0 aromatic heterocycles. The number of rotatable bonds is 4. The van der Waals surface area contributed by atoms with Crippen LogP contribution in [0.2, 0.25) is 5.02 Å². The van der Waals surface area contributed by atoms with E-state index in [0.717, 1.165) is 18.4 Å². The maximum atomic E-state index is 12.1. The Morgan fingerprint density at radius 2 is 1.94 bits per heavy atom. The first kappa shape index (κ1) is 12.9. The first-order valence-electron chi connectivity index (χ1n) is 6.01. The molecule has 5 heteroatoms. The van der Waals surface area contributed by atoms with Gasteiger partial charge in [-0.1, -0.05) is 37.1 Å². The highest BCUT2D eigenvalue weighted by molar-refractivity contribution is 6.30. The molecule has 96 valence electrons. The van der Waals surface area contributed by atoms with Crippen LogP contribution in [0.1, 0.15) is 31.4 Å². The molecular weight excluding hydrogens is 252 g/mol. The Kier molecular flexibility index (Phi) is 3.87. The molecule has 1 N–H and O–H groups in total. The molecule has 0 radical (unpaired) electrons. The fourth-order valence-electron chi connectivity index (χ4n) is 1.93. The van der Waals surface area contributed by atoms with E-state index in [1.54, 1.807) is 24.3 Å². The minimum absolute atomic E-state index is 0.184. The largest absolute Gasteiger partial charge is 0.325 e. The van der Waals surface area contributed by atoms with Crippen molar-refractivity contribution < 1.29 is 9.59 Å². The summed E-state index contributed by atoms with van der Waals surface area (Å²) in [6.07, 6.45) is 1.77. The first-order chi connectivity index (χ1) is 8.63. The van der Waals surface area contributed by atoms with Gasteiger partial charge in [0.1, 0.15) is 6.04 Å². The number of hydrogen-bond donors (Lipinski definition) is 1. The van der Waals surface area contributed by atoms with Gasteiger partial charge in [0.25, 0.3) is 5.91 Å². The lowest BCUT2D eigenvalue weighted by molar-refractivity contribution is -0.127. The van der Waals surface area contributed by atoms with Gasteiger partial charge < -0.3 is 5.32 Å². The number of hydrogen-bond acceptors (Lipinski definition) is 2. The van der Waals surface area contributed by atoms with Gasteiger partial charge in [0, 0.05) is 11.6 Å². The van der Waals surface area contributed by atoms with Crippen LogP contribution in [0.5, 0.6) is 0 Å². The number of halogens is 1. The van der Waals surface area contributed by atoms with E-state index in [4.69, 9.17) is 11.6 Å². The van der Waals surface area contributed by atoms with Crippen molar-refractivity contribution in [2.45, 2.75) is 25.8 Å². The summed E-state index contributed by atoms with van der Waals surface area (Å²) in [6, 6.07) is 6.05. The van der Waals surface area contributed by atoms with Crippen LogP contribution in [-0.2, 0) is 4.79 Å². The van der Waals surface area contributed by atoms with Gasteiger partial charge in [0.05, 0.1) is 0 Å². The summed E-state index contributed by atoms with van der Waals surface area (Å²) in [5, 5.41) is 3.30. The normalized spacial score (nSPS) is 19.2. The van der Waals surface area contributed by atoms with E-state index in [0.29, 0.717) is 11.6 Å². The molecule has 1 aliphatic heterocycles. The number of unbranched alkanes of at least 4 members (excludes halogenated alkanes) is 1. The van der Waals surface area contributed by atoms with Crippen LogP contribution >= 0.6 is 11.6 Å². The highest BCUT2D eigenvalue weighted by Crippen LogP contribution is 2.23. The quantitative estimate of drug-likeness (QED) is 0.852. The third kappa shape index (κ3) is 2.48. The average molecular weight is 267 g/mol. The number of nitrogens with one attached hydrogen (secondary N) is 1. The average Bonchev–Trinajstić information content (AvgIpc) is 2.64. The lowest BCUT2D eigenvalue weighted by atomic mass is 10.1. The van der Waals surface area contributed by atoms with Crippen LogP contribution in [0.15, 0.2) is 24.3 Å². The topological polar surface area (TPSA) is 49.4 Å². The van der Waals surface area contributed by atoms with Crippen molar-refractivity contribution in [3.8, 4) is 0 Å². The molecule has 1 atom stereocenters. The zero-order chi connectivity index (χ0) is 13.1. The zero-order valence-electron chi connectivity index (χ0n) is 10.1. The van der Waals surface area contributed by atoms with Crippen molar-refractivity contribution in [1.82, 2.24) is 10.2 Å². The molecule has 1 aromatic rings. The fourth-order valence-corrected chi connectivity index (χ4v) is 2.05. The summed E-state index contributed by atoms with van der Waals surface area (Å²) >= 11 is 5.80. The summed E-state index contributed by atoms with van der Waals surface area (Å²) in [5.41, 5.74) is 0.761. The molecule has 0 saturated carbocycles. The van der Waals surface area contributed by atoms with Crippen LogP contribution in [0.3, 0.4) is 0 Å². The van der Waals surface area contributed by atoms with E-state index in [1.807, 2.05) is 6.92 Å². The van der Waals surface area contributed by atoms with E-state index in [2.05, 4.69) is 5.32 Å². The number of benzene rings is 1. The van der Waals surface area contributed by atoms with Crippen molar-refractivity contribution in [3.05, 3.63) is 34.9 Å². The van der Waals surface area contributed by atoms with Crippen molar-refractivity contribution in [1.29, 1.82) is 0 Å². The maximum Gasteiger partial charge on any atom is 0.325 e. The number of urea groups is 1. The predicted molar refractivity (Wildman–Crippen MR) is 69.3 cm³/mol. The van der Waals surface area contributed by atoms with Gasteiger partial charge in [-0.2, -0.15) is 0 Å². The Hall–Kier alpha value is -1.55. The van der Waals surface area contributed by atoms with Gasteiger partial charge in [0.2, 0.25) is 0 Å². The predicted octanol–water partition coefficient (Wildman–Crippen LogP) is 2.73. The lowest BCUT2D eigenvalue weighted by Gasteiger charge is -2.12. The van der Waals surface area contributed by atoms with E-state index in [-0.39, 0.29) is 11.9 Å². The summed E-state index contributed by atoms with van der Waals surface area (Å²) in [7, 11) is 0. The second kappa shape index (κ2) is 5.40. The van der Waals surface area contributed by atoms with Crippen LogP contribution in [0.25, 0.3) is 0 Å². The van der Waals surface area contributed by atoms with Gasteiger partial charge in [-0.15, -0.1) is 0 Å². The molecule has 4 nitrogen and oxygen atoms in total. The van der Waals surface area contributed by atoms with Gasteiger partial charge in [-0.25, -0.2) is 4.79 Å². The number of amides is 3. The molecule has 2 rings (SSSR count). The fraction of sp³-hybridized carbons (Fsp3) is 0.385. The minimum Gasteiger partial charge on any atom is -0.322 e. The van der Waals surface area contributed by atoms with Crippen molar-refractivity contribution >= 4 is 23.5 Å². The minimum atomic E-state index is -0.577. The van der Waals surface area contributed by atoms with Crippen LogP contribution in [0, 0.1) is 0 Å². The number of carbonyl (C=O) groups excluding carboxylic acids is 2. The van der Waals surface area contributed by atoms with Crippen molar-refractivity contribution in [2.24, 2.45) is 0 Å². The van der Waals surface area contributed by atoms with E-state index >= 15 is 0 Å². The Labute approximate surface area is 111 Å². The smallest absolute Gasteiger partial charge is 0.322 e. The molecular formula is C13H15ClN2O2. The molecule has 18 heavy (non-hydrogen) atoms. The molecule has 1 aromatic carbocycles. The second-order valence-corrected chi connectivity index (χ2v) is 4.71. The molecule has 1 fully saturated rings. The Bertz CT molecular complexity index is 459. The molecule has 0 aliphatic carbocycles. The third-order valence-electron chi connectivity index (χ3n) is 2.96. The van der Waals surface area contributed by atoms with E-state index in [1.165, 1.54) is 4.90 Å². The third-order valence-corrected chi connectivity index (χ3v) is 3.22. The van der Waals surface area contributed by atoms with E-state index in [9.17, 15) is 9.59 Å². The standard InChI is InChI=1S/C13H15ClN2O2/c1-2-3-8-16-12(17)11(15-13(16)18)9-4-6-10(14)7-5-9/h4-7,11H,2-3,8H2,1H3,(H,15,18).